The summed E-state index contributed by atoms with van der Waals surface area (Å²) in [6.07, 6.45) is 3.67. The van der Waals surface area contributed by atoms with Crippen molar-refractivity contribution in [1.29, 1.82) is 0 Å². The first-order valence-electron chi connectivity index (χ1n) is 7.47. The maximum Gasteiger partial charge on any atom is 0.270 e. The quantitative estimate of drug-likeness (QED) is 0.924. The van der Waals surface area contributed by atoms with Gasteiger partial charge in [-0.25, -0.2) is 0 Å². The second-order valence-electron chi connectivity index (χ2n) is 6.24. The van der Waals surface area contributed by atoms with Crippen molar-refractivity contribution in [2.24, 2.45) is 11.7 Å². The summed E-state index contributed by atoms with van der Waals surface area (Å²) >= 11 is 0. The summed E-state index contributed by atoms with van der Waals surface area (Å²) in [5.41, 5.74) is 5.21. The normalized spacial score (nSPS) is 22.7. The third-order valence-corrected chi connectivity index (χ3v) is 3.95. The van der Waals surface area contributed by atoms with Gasteiger partial charge in [0.2, 0.25) is 0 Å². The fraction of sp³-hybridized carbons (Fsp3) is 0.733. The summed E-state index contributed by atoms with van der Waals surface area (Å²) in [7, 11) is 0. The highest BCUT2D eigenvalue weighted by atomic mass is 16.5. The van der Waals surface area contributed by atoms with Gasteiger partial charge in [0.15, 0.2) is 5.69 Å². The summed E-state index contributed by atoms with van der Waals surface area (Å²) in [4.78, 5) is 13.1. The monoisotopic (exact) mass is 281 g/mol. The van der Waals surface area contributed by atoms with Crippen LogP contribution in [-0.2, 0) is 0 Å². The molecule has 5 nitrogen and oxygen atoms in total. The molecule has 1 saturated carbocycles. The van der Waals surface area contributed by atoms with E-state index in [2.05, 4.69) is 30.8 Å². The molecule has 0 bridgehead atoms. The Labute approximate surface area is 122 Å². The van der Waals surface area contributed by atoms with Crippen LogP contribution in [0.25, 0.3) is 0 Å². The third-order valence-electron chi connectivity index (χ3n) is 3.95. The number of amides is 1. The molecule has 114 valence electrons. The van der Waals surface area contributed by atoms with E-state index in [0.29, 0.717) is 5.92 Å². The number of hydrogen-bond donors (Lipinski definition) is 1. The van der Waals surface area contributed by atoms with Gasteiger partial charge in [-0.2, -0.15) is 0 Å². The molecule has 2 N–H and O–H groups in total. The molecule has 1 aromatic rings. The van der Waals surface area contributed by atoms with E-state index >= 15 is 0 Å². The summed E-state index contributed by atoms with van der Waals surface area (Å²) in [6, 6.07) is 2.38. The highest BCUT2D eigenvalue weighted by Crippen LogP contribution is 2.40. The Kier molecular flexibility index (Phi) is 4.81. The number of carbonyl (C=O) groups excluding carboxylic acids is 1. The molecular weight excluding hydrogens is 254 g/mol. The predicted molar refractivity (Wildman–Crippen MR) is 79.6 cm³/mol. The number of nitrogens with two attached hydrogens (primary N) is 1. The average Bonchev–Trinajstić information content (AvgIpc) is 2.95. The van der Waals surface area contributed by atoms with E-state index in [1.807, 2.05) is 0 Å². The summed E-state index contributed by atoms with van der Waals surface area (Å²) in [6.45, 7) is 9.52. The van der Waals surface area contributed by atoms with E-state index in [1.165, 1.54) is 19.5 Å². The minimum atomic E-state index is -0.527. The Bertz CT molecular complexity index is 458. The van der Waals surface area contributed by atoms with Crippen LogP contribution in [0.2, 0.25) is 0 Å². The number of aromatic nitrogens is 1. The summed E-state index contributed by atoms with van der Waals surface area (Å²) in [5.74, 6) is 1.68. The fourth-order valence-electron chi connectivity index (χ4n) is 2.40. The number of hydrogen-bond acceptors (Lipinski definition) is 4. The molecule has 20 heavy (non-hydrogen) atoms. The summed E-state index contributed by atoms with van der Waals surface area (Å²) < 4.78 is 4.90. The van der Waals surface area contributed by atoms with E-state index < -0.39 is 5.91 Å². The molecule has 1 saturated heterocycles. The molecule has 1 unspecified atom stereocenters. The first-order valence-corrected chi connectivity index (χ1v) is 7.47. The van der Waals surface area contributed by atoms with Crippen molar-refractivity contribution in [1.82, 2.24) is 10.1 Å². The van der Waals surface area contributed by atoms with Crippen molar-refractivity contribution >= 4 is 5.91 Å². The van der Waals surface area contributed by atoms with Crippen LogP contribution in [-0.4, -0.2) is 35.1 Å². The lowest BCUT2D eigenvalue weighted by molar-refractivity contribution is 0.0991. The third kappa shape index (κ3) is 4.07. The minimum Gasteiger partial charge on any atom is -0.364 e. The number of primary amides is 1. The Hall–Kier alpha value is -1.36. The van der Waals surface area contributed by atoms with Crippen LogP contribution in [0.4, 0.5) is 0 Å². The van der Waals surface area contributed by atoms with Gasteiger partial charge in [0.25, 0.3) is 5.91 Å². The van der Waals surface area contributed by atoms with E-state index in [1.54, 1.807) is 6.07 Å². The van der Waals surface area contributed by atoms with Gasteiger partial charge in [0, 0.05) is 26.0 Å². The number of likely N-dealkylation sites (tertiary alicyclic amines) is 1. The maximum atomic E-state index is 10.6. The maximum absolute atomic E-state index is 10.6. The molecule has 2 heterocycles. The zero-order chi connectivity index (χ0) is 14.7. The molecule has 2 fully saturated rings. The highest BCUT2D eigenvalue weighted by Gasteiger charge is 2.28. The minimum absolute atomic E-state index is 0. The number of nitrogens with zero attached hydrogens (tertiary/aromatic N) is 2. The van der Waals surface area contributed by atoms with Crippen LogP contribution in [0.3, 0.4) is 0 Å². The van der Waals surface area contributed by atoms with E-state index in [0.717, 1.165) is 30.6 Å². The predicted octanol–water partition coefficient (Wildman–Crippen LogP) is 2.63. The van der Waals surface area contributed by atoms with Crippen LogP contribution in [0.5, 0.6) is 0 Å². The Morgan fingerprint density at radius 3 is 2.55 bits per heavy atom. The molecule has 3 rings (SSSR count). The van der Waals surface area contributed by atoms with E-state index in [-0.39, 0.29) is 7.12 Å². The smallest absolute Gasteiger partial charge is 0.270 e. The van der Waals surface area contributed by atoms with Crippen molar-refractivity contribution in [3.05, 3.63) is 17.5 Å². The van der Waals surface area contributed by atoms with E-state index in [4.69, 9.17) is 10.3 Å². The molecule has 1 aromatic heterocycles. The standard InChI is InChI=1S/C8H17N.C7H8N2O2.H2/c1-7(2)9-5-4-8(3)6-9;8-7(10)5-3-6(11-9-5)4-1-2-4;/h7-8H,4-6H2,1-3H3;3-4H,1-2H2,(H2,8,10);1H. The molecule has 1 aliphatic heterocycles. The van der Waals surface area contributed by atoms with Gasteiger partial charge in [-0.05, 0) is 45.6 Å². The largest absolute Gasteiger partial charge is 0.364 e. The second-order valence-corrected chi connectivity index (χ2v) is 6.24. The molecule has 5 heteroatoms. The van der Waals surface area contributed by atoms with Crippen molar-refractivity contribution in [2.75, 3.05) is 13.1 Å². The molecule has 0 spiro atoms. The molecule has 1 amide bonds. The molecular formula is C15H27N3O2. The zero-order valence-electron chi connectivity index (χ0n) is 12.6. The lowest BCUT2D eigenvalue weighted by atomic mass is 10.2. The lowest BCUT2D eigenvalue weighted by Crippen LogP contribution is -2.27. The molecule has 1 atom stereocenters. The van der Waals surface area contributed by atoms with Crippen molar-refractivity contribution in [2.45, 2.75) is 52.0 Å². The Morgan fingerprint density at radius 1 is 1.50 bits per heavy atom. The van der Waals surface area contributed by atoms with Gasteiger partial charge < -0.3 is 15.2 Å². The molecule has 0 radical (unpaired) electrons. The van der Waals surface area contributed by atoms with Gasteiger partial charge in [0.1, 0.15) is 5.76 Å². The number of rotatable bonds is 3. The SMILES string of the molecule is CC1CCN(C(C)C)C1.NC(=O)c1cc(C2CC2)on1.[HH]. The van der Waals surface area contributed by atoms with Gasteiger partial charge in [0.05, 0.1) is 0 Å². The van der Waals surface area contributed by atoms with Crippen molar-refractivity contribution < 1.29 is 10.7 Å². The summed E-state index contributed by atoms with van der Waals surface area (Å²) in [5, 5.41) is 3.53. The van der Waals surface area contributed by atoms with Crippen LogP contribution >= 0.6 is 0 Å². The van der Waals surface area contributed by atoms with Gasteiger partial charge in [-0.15, -0.1) is 0 Å². The van der Waals surface area contributed by atoms with Crippen LogP contribution in [0, 0.1) is 5.92 Å². The van der Waals surface area contributed by atoms with E-state index in [9.17, 15) is 4.79 Å². The molecule has 1 aliphatic carbocycles. The van der Waals surface area contributed by atoms with Gasteiger partial charge >= 0.3 is 0 Å². The van der Waals surface area contributed by atoms with Crippen LogP contribution < -0.4 is 5.73 Å². The first-order chi connectivity index (χ1) is 9.47. The Balaban J connectivity index is 0.000000205. The van der Waals surface area contributed by atoms with Crippen LogP contribution in [0.1, 0.15) is 63.6 Å². The second kappa shape index (κ2) is 6.39. The lowest BCUT2D eigenvalue weighted by Gasteiger charge is -2.19. The van der Waals surface area contributed by atoms with Gasteiger partial charge in [-0.1, -0.05) is 12.1 Å². The average molecular weight is 281 g/mol. The molecule has 2 aliphatic rings. The topological polar surface area (TPSA) is 72.4 Å². The highest BCUT2D eigenvalue weighted by molar-refractivity contribution is 5.90. The number of carbonyl (C=O) groups is 1. The fourth-order valence-corrected chi connectivity index (χ4v) is 2.40. The zero-order valence-corrected chi connectivity index (χ0v) is 12.6. The van der Waals surface area contributed by atoms with Crippen LogP contribution in [0.15, 0.2) is 10.6 Å². The van der Waals surface area contributed by atoms with Crippen molar-refractivity contribution in [3.63, 3.8) is 0 Å². The molecule has 0 aromatic carbocycles. The van der Waals surface area contributed by atoms with Crippen molar-refractivity contribution in [3.8, 4) is 0 Å². The van der Waals surface area contributed by atoms with Gasteiger partial charge in [-0.3, -0.25) is 4.79 Å². The Morgan fingerprint density at radius 2 is 2.20 bits per heavy atom. The first kappa shape index (κ1) is 15.0.